The SMILES string of the molecule is Cc1oc(-n2cccc2)c(C#N)c1C(=O)N1CCN(CC(=O)Nc2ccccc2C(F)(F)F)CC1. The van der Waals surface area contributed by atoms with Gasteiger partial charge in [0.1, 0.15) is 23.0 Å². The number of aryl methyl sites for hydroxylation is 1. The van der Waals surface area contributed by atoms with E-state index in [1.165, 1.54) is 18.2 Å². The molecule has 0 saturated carbocycles. The van der Waals surface area contributed by atoms with Crippen LogP contribution in [0.3, 0.4) is 0 Å². The van der Waals surface area contributed by atoms with Crippen molar-refractivity contribution in [1.82, 2.24) is 14.4 Å². The van der Waals surface area contributed by atoms with Crippen molar-refractivity contribution in [2.24, 2.45) is 0 Å². The van der Waals surface area contributed by atoms with E-state index in [0.29, 0.717) is 31.9 Å². The summed E-state index contributed by atoms with van der Waals surface area (Å²) in [6.07, 6.45) is -1.15. The number of carbonyl (C=O) groups is 2. The second kappa shape index (κ2) is 9.68. The molecule has 0 spiro atoms. The highest BCUT2D eigenvalue weighted by atomic mass is 19.4. The summed E-state index contributed by atoms with van der Waals surface area (Å²) in [4.78, 5) is 28.9. The number of carbonyl (C=O) groups excluding carboxylic acids is 2. The molecule has 2 amide bonds. The fourth-order valence-electron chi connectivity index (χ4n) is 4.04. The molecule has 4 rings (SSSR count). The topological polar surface area (TPSA) is 94.5 Å². The second-order valence-electron chi connectivity index (χ2n) is 8.08. The summed E-state index contributed by atoms with van der Waals surface area (Å²) >= 11 is 0. The highest BCUT2D eigenvalue weighted by Crippen LogP contribution is 2.34. The monoisotopic (exact) mass is 485 g/mol. The van der Waals surface area contributed by atoms with Gasteiger partial charge in [-0.25, -0.2) is 0 Å². The van der Waals surface area contributed by atoms with Crippen LogP contribution in [0.15, 0.2) is 53.2 Å². The van der Waals surface area contributed by atoms with E-state index in [9.17, 15) is 28.0 Å². The summed E-state index contributed by atoms with van der Waals surface area (Å²) in [5, 5.41) is 12.0. The molecule has 0 atom stereocenters. The highest BCUT2D eigenvalue weighted by Gasteiger charge is 2.34. The Hall–Kier alpha value is -4.04. The Bertz CT molecular complexity index is 1270. The summed E-state index contributed by atoms with van der Waals surface area (Å²) in [6, 6.07) is 10.4. The number of hydrogen-bond acceptors (Lipinski definition) is 5. The first kappa shape index (κ1) is 24.1. The van der Waals surface area contributed by atoms with Crippen molar-refractivity contribution in [3.63, 3.8) is 0 Å². The lowest BCUT2D eigenvalue weighted by Gasteiger charge is -2.34. The number of rotatable bonds is 5. The van der Waals surface area contributed by atoms with E-state index in [-0.39, 0.29) is 35.2 Å². The molecule has 2 aromatic heterocycles. The van der Waals surface area contributed by atoms with Gasteiger partial charge in [-0.1, -0.05) is 12.1 Å². The maximum Gasteiger partial charge on any atom is 0.418 e. The molecule has 0 unspecified atom stereocenters. The molecule has 1 aliphatic rings. The van der Waals surface area contributed by atoms with E-state index >= 15 is 0 Å². The van der Waals surface area contributed by atoms with Crippen LogP contribution >= 0.6 is 0 Å². The smallest absolute Gasteiger partial charge is 0.418 e. The minimum Gasteiger partial charge on any atom is -0.443 e. The molecule has 1 aliphatic heterocycles. The van der Waals surface area contributed by atoms with Gasteiger partial charge >= 0.3 is 6.18 Å². The predicted octanol–water partition coefficient (Wildman–Crippen LogP) is 3.67. The fraction of sp³-hybridized carbons (Fsp3) is 0.292. The zero-order valence-corrected chi connectivity index (χ0v) is 18.8. The number of benzene rings is 1. The highest BCUT2D eigenvalue weighted by molar-refractivity contribution is 5.98. The Labute approximate surface area is 199 Å². The summed E-state index contributed by atoms with van der Waals surface area (Å²) in [7, 11) is 0. The van der Waals surface area contributed by atoms with E-state index in [1.807, 2.05) is 0 Å². The van der Waals surface area contributed by atoms with Crippen molar-refractivity contribution >= 4 is 17.5 Å². The minimum absolute atomic E-state index is 0.111. The predicted molar refractivity (Wildman–Crippen MR) is 120 cm³/mol. The van der Waals surface area contributed by atoms with E-state index < -0.39 is 17.6 Å². The molecule has 1 fully saturated rings. The van der Waals surface area contributed by atoms with Crippen molar-refractivity contribution in [3.8, 4) is 12.0 Å². The third kappa shape index (κ3) is 5.07. The summed E-state index contributed by atoms with van der Waals surface area (Å²) in [6.45, 7) is 2.80. The van der Waals surface area contributed by atoms with Gasteiger partial charge in [0, 0.05) is 38.6 Å². The number of nitrogens with zero attached hydrogens (tertiary/aromatic N) is 4. The van der Waals surface area contributed by atoms with E-state index in [4.69, 9.17) is 4.42 Å². The Morgan fingerprint density at radius 3 is 2.37 bits per heavy atom. The first-order valence-corrected chi connectivity index (χ1v) is 10.8. The number of furan rings is 1. The summed E-state index contributed by atoms with van der Waals surface area (Å²) in [5.74, 6) is -0.312. The molecule has 3 aromatic rings. The molecule has 8 nitrogen and oxygen atoms in total. The lowest BCUT2D eigenvalue weighted by atomic mass is 10.1. The molecule has 0 bridgehead atoms. The molecular formula is C24H22F3N5O3. The Kier molecular flexibility index (Phi) is 6.66. The average Bonchev–Trinajstić information content (AvgIpc) is 3.46. The Morgan fingerprint density at radius 2 is 1.74 bits per heavy atom. The fourth-order valence-corrected chi connectivity index (χ4v) is 4.04. The number of anilines is 1. The van der Waals surface area contributed by atoms with Gasteiger partial charge in [0.15, 0.2) is 0 Å². The number of piperazine rings is 1. The molecule has 0 radical (unpaired) electrons. The van der Waals surface area contributed by atoms with Crippen LogP contribution < -0.4 is 5.32 Å². The van der Waals surface area contributed by atoms with Crippen LogP contribution in [-0.2, 0) is 11.0 Å². The molecule has 11 heteroatoms. The van der Waals surface area contributed by atoms with Gasteiger partial charge in [-0.05, 0) is 31.2 Å². The molecule has 1 saturated heterocycles. The van der Waals surface area contributed by atoms with Gasteiger partial charge in [-0.2, -0.15) is 18.4 Å². The zero-order valence-electron chi connectivity index (χ0n) is 18.8. The average molecular weight is 485 g/mol. The number of hydrogen-bond donors (Lipinski definition) is 1. The van der Waals surface area contributed by atoms with Gasteiger partial charge in [-0.3, -0.25) is 19.1 Å². The largest absolute Gasteiger partial charge is 0.443 e. The van der Waals surface area contributed by atoms with Gasteiger partial charge < -0.3 is 14.6 Å². The summed E-state index contributed by atoms with van der Waals surface area (Å²) < 4.78 is 46.8. The summed E-state index contributed by atoms with van der Waals surface area (Å²) in [5.41, 5.74) is -0.858. The first-order valence-electron chi connectivity index (χ1n) is 10.8. The number of aromatic nitrogens is 1. The number of nitriles is 1. The van der Waals surface area contributed by atoms with Gasteiger partial charge in [0.2, 0.25) is 11.8 Å². The zero-order chi connectivity index (χ0) is 25.2. The molecule has 35 heavy (non-hydrogen) atoms. The number of nitrogens with one attached hydrogen (secondary N) is 1. The Morgan fingerprint density at radius 1 is 1.09 bits per heavy atom. The van der Waals surface area contributed by atoms with E-state index in [1.54, 1.807) is 45.8 Å². The van der Waals surface area contributed by atoms with E-state index in [2.05, 4.69) is 11.4 Å². The molecule has 0 aliphatic carbocycles. The standard InChI is InChI=1S/C24H22F3N5O3/c1-16-21(17(14-28)23(35-16)32-8-4-5-9-32)22(34)31-12-10-30(11-13-31)15-20(33)29-19-7-3-2-6-18(19)24(25,26)27/h2-9H,10-13,15H2,1H3,(H,29,33). The van der Waals surface area contributed by atoms with Crippen LogP contribution in [0.4, 0.5) is 18.9 Å². The molecule has 1 aromatic carbocycles. The van der Waals surface area contributed by atoms with Crippen molar-refractivity contribution < 1.29 is 27.2 Å². The van der Waals surface area contributed by atoms with Crippen LogP contribution in [0.25, 0.3) is 5.88 Å². The Balaban J connectivity index is 1.38. The molecule has 3 heterocycles. The normalized spacial score (nSPS) is 14.5. The van der Waals surface area contributed by atoms with Crippen LogP contribution in [0.5, 0.6) is 0 Å². The van der Waals surface area contributed by atoms with Crippen LogP contribution in [0, 0.1) is 18.3 Å². The second-order valence-corrected chi connectivity index (χ2v) is 8.08. The van der Waals surface area contributed by atoms with Crippen LogP contribution in [-0.4, -0.2) is 58.9 Å². The van der Waals surface area contributed by atoms with Crippen molar-refractivity contribution in [1.29, 1.82) is 5.26 Å². The lowest BCUT2D eigenvalue weighted by molar-refractivity contribution is -0.137. The minimum atomic E-state index is -4.58. The number of amides is 2. The van der Waals surface area contributed by atoms with Crippen LogP contribution in [0.1, 0.15) is 27.2 Å². The van der Waals surface area contributed by atoms with Gasteiger partial charge in [0.05, 0.1) is 17.8 Å². The van der Waals surface area contributed by atoms with E-state index in [0.717, 1.165) is 6.07 Å². The van der Waals surface area contributed by atoms with Gasteiger partial charge in [-0.15, -0.1) is 0 Å². The first-order chi connectivity index (χ1) is 16.7. The molecule has 1 N–H and O–H groups in total. The van der Waals surface area contributed by atoms with Crippen LogP contribution in [0.2, 0.25) is 0 Å². The molecule has 182 valence electrons. The maximum atomic E-state index is 13.2. The maximum absolute atomic E-state index is 13.2. The quantitative estimate of drug-likeness (QED) is 0.595. The third-order valence-electron chi connectivity index (χ3n) is 5.76. The number of para-hydroxylation sites is 1. The number of alkyl halides is 3. The lowest BCUT2D eigenvalue weighted by Crippen LogP contribution is -2.50. The molecular weight excluding hydrogens is 463 g/mol. The third-order valence-corrected chi connectivity index (χ3v) is 5.76. The van der Waals surface area contributed by atoms with Crippen molar-refractivity contribution in [3.05, 3.63) is 71.2 Å². The van der Waals surface area contributed by atoms with Gasteiger partial charge in [0.25, 0.3) is 5.91 Å². The van der Waals surface area contributed by atoms with Crippen molar-refractivity contribution in [2.45, 2.75) is 13.1 Å². The number of halogens is 3. The van der Waals surface area contributed by atoms with Crippen molar-refractivity contribution in [2.75, 3.05) is 38.0 Å².